The second-order valence-electron chi connectivity index (χ2n) is 10.7. The molecule has 0 saturated heterocycles. The molecule has 0 fully saturated rings. The number of aryl methyl sites for hydroxylation is 2. The first kappa shape index (κ1) is 23.8. The fourth-order valence-corrected chi connectivity index (χ4v) is 6.07. The predicted molar refractivity (Wildman–Crippen MR) is 170 cm³/mol. The van der Waals surface area contributed by atoms with Gasteiger partial charge in [0.15, 0.2) is 0 Å². The van der Waals surface area contributed by atoms with E-state index < -0.39 is 18.6 Å². The van der Waals surface area contributed by atoms with Crippen LogP contribution in [0.25, 0.3) is 54.7 Å². The van der Waals surface area contributed by atoms with Gasteiger partial charge in [0.05, 0.1) is 5.58 Å². The molecule has 7 aromatic rings. The summed E-state index contributed by atoms with van der Waals surface area (Å²) in [6.45, 7) is 5.33. The molecule has 2 aromatic carbocycles. The van der Waals surface area contributed by atoms with Crippen molar-refractivity contribution in [2.45, 2.75) is 40.9 Å². The second-order valence-corrected chi connectivity index (χ2v) is 11.7. The van der Waals surface area contributed by atoms with Gasteiger partial charge in [-0.05, 0) is 66.5 Å². The molecule has 0 aliphatic carbocycles. The van der Waals surface area contributed by atoms with Gasteiger partial charge >= 0.3 is 0 Å². The van der Waals surface area contributed by atoms with Gasteiger partial charge in [0.2, 0.25) is 5.71 Å². The van der Waals surface area contributed by atoms with Crippen LogP contribution in [0.1, 0.15) is 43.8 Å². The van der Waals surface area contributed by atoms with Crippen molar-refractivity contribution in [2.75, 3.05) is 0 Å². The smallest absolute Gasteiger partial charge is 0.216 e. The van der Waals surface area contributed by atoms with Gasteiger partial charge in [0.1, 0.15) is 0 Å². The zero-order chi connectivity index (χ0) is 32.9. The number of hydrogen-bond donors (Lipinski definition) is 0. The van der Waals surface area contributed by atoms with Crippen LogP contribution >= 0.6 is 11.3 Å². The zero-order valence-electron chi connectivity index (χ0n) is 28.6. The van der Waals surface area contributed by atoms with Crippen LogP contribution in [0.15, 0.2) is 89.6 Å². The molecule has 0 aliphatic heterocycles. The summed E-state index contributed by atoms with van der Waals surface area (Å²) in [6, 6.07) is 28.9. The fourth-order valence-electron chi connectivity index (χ4n) is 4.66. The number of pyridine rings is 3. The molecule has 4 nitrogen and oxygen atoms in total. The summed E-state index contributed by atoms with van der Waals surface area (Å²) >= 11 is 1.41. The molecular formula is C36H31IrN3OS-2. The SMILES string of the molecule is [2H]C([2H])([2H])c1ccc2c(n1)oc1c(-c3nccc4c(C)c(C([2H])([2H])C(C)(C)C)sc34)[c-]ccc12.[Ir].[c-]1ccccc1-c1ccccn1. The van der Waals surface area contributed by atoms with Crippen molar-refractivity contribution in [3.63, 3.8) is 0 Å². The summed E-state index contributed by atoms with van der Waals surface area (Å²) < 4.78 is 47.5. The van der Waals surface area contributed by atoms with E-state index in [9.17, 15) is 0 Å². The monoisotopic (exact) mass is 751 g/mol. The van der Waals surface area contributed by atoms with E-state index >= 15 is 0 Å². The van der Waals surface area contributed by atoms with E-state index in [2.05, 4.69) is 27.1 Å². The molecule has 0 amide bonds. The van der Waals surface area contributed by atoms with Crippen molar-refractivity contribution >= 4 is 43.5 Å². The Balaban J connectivity index is 0.000000280. The van der Waals surface area contributed by atoms with Gasteiger partial charge in [-0.3, -0.25) is 0 Å². The molecule has 1 radical (unpaired) electrons. The van der Waals surface area contributed by atoms with Crippen LogP contribution in [-0.2, 0) is 26.5 Å². The average Bonchev–Trinajstić information content (AvgIpc) is 3.59. The van der Waals surface area contributed by atoms with Gasteiger partial charge in [0.25, 0.3) is 0 Å². The van der Waals surface area contributed by atoms with Crippen LogP contribution in [0.4, 0.5) is 0 Å². The van der Waals surface area contributed by atoms with Gasteiger partial charge < -0.3 is 14.4 Å². The van der Waals surface area contributed by atoms with Crippen molar-refractivity contribution in [3.8, 4) is 22.5 Å². The summed E-state index contributed by atoms with van der Waals surface area (Å²) in [5.41, 5.74) is 4.39. The van der Waals surface area contributed by atoms with Crippen molar-refractivity contribution in [3.05, 3.63) is 113 Å². The van der Waals surface area contributed by atoms with E-state index in [0.29, 0.717) is 21.7 Å². The molecule has 42 heavy (non-hydrogen) atoms. The molecule has 0 N–H and O–H groups in total. The molecule has 0 aliphatic rings. The summed E-state index contributed by atoms with van der Waals surface area (Å²) in [5, 5.41) is 2.46. The third kappa shape index (κ3) is 6.07. The number of furan rings is 1. The maximum atomic E-state index is 8.82. The standard InChI is InChI=1S/C25H23N2OS.C11H8N.Ir/c1-14-9-10-18-17-7-6-8-19(22(17)28-24(18)27-14)21-23-16(11-12-26-21)15(2)20(29-23)13-25(3,4)5;1-2-6-10(7-3-1)11-8-4-5-9-12-11;/h6-7,9-12H,13H2,1-5H3;1-6,8-9H;/q2*-1;/i1D3,13D2;;. The Labute approximate surface area is 271 Å². The topological polar surface area (TPSA) is 51.8 Å². The third-order valence-corrected chi connectivity index (χ3v) is 7.76. The van der Waals surface area contributed by atoms with Crippen LogP contribution in [0.3, 0.4) is 0 Å². The average molecular weight is 751 g/mol. The van der Waals surface area contributed by atoms with Crippen molar-refractivity contribution in [2.24, 2.45) is 5.41 Å². The number of benzene rings is 2. The summed E-state index contributed by atoms with van der Waals surface area (Å²) in [5.74, 6) is 0. The minimum absolute atomic E-state index is 0. The van der Waals surface area contributed by atoms with E-state index in [1.165, 1.54) is 17.4 Å². The second kappa shape index (κ2) is 12.3. The summed E-state index contributed by atoms with van der Waals surface area (Å²) in [6.07, 6.45) is 1.98. The van der Waals surface area contributed by atoms with E-state index in [-0.39, 0.29) is 31.5 Å². The predicted octanol–water partition coefficient (Wildman–Crippen LogP) is 9.81. The molecule has 0 unspecified atom stereocenters. The van der Waals surface area contributed by atoms with E-state index in [0.717, 1.165) is 37.7 Å². The van der Waals surface area contributed by atoms with Gasteiger partial charge in [-0.15, -0.1) is 65.4 Å². The Kier molecular flexibility index (Phi) is 6.96. The number of fused-ring (bicyclic) bond motifs is 4. The number of thiophene rings is 1. The zero-order valence-corrected chi connectivity index (χ0v) is 26.8. The van der Waals surface area contributed by atoms with Crippen molar-refractivity contribution < 1.29 is 31.4 Å². The maximum Gasteiger partial charge on any atom is 0.216 e. The normalized spacial score (nSPS) is 13.8. The van der Waals surface area contributed by atoms with Gasteiger partial charge in [-0.1, -0.05) is 43.9 Å². The Morgan fingerprint density at radius 3 is 2.50 bits per heavy atom. The number of rotatable bonds is 3. The first-order valence-corrected chi connectivity index (χ1v) is 14.1. The first-order valence-electron chi connectivity index (χ1n) is 15.8. The van der Waals surface area contributed by atoms with Crippen LogP contribution in [0.5, 0.6) is 0 Å². The molecule has 0 saturated carbocycles. The van der Waals surface area contributed by atoms with E-state index in [1.54, 1.807) is 24.5 Å². The van der Waals surface area contributed by atoms with Crippen LogP contribution in [-0.4, -0.2) is 15.0 Å². The Bertz CT molecular complexity index is 2140. The molecule has 5 heterocycles. The molecule has 7 rings (SSSR count). The molecule has 0 bridgehead atoms. The number of aromatic nitrogens is 3. The largest absolute Gasteiger partial charge is 0.486 e. The first-order chi connectivity index (χ1) is 21.8. The Hall–Kier alpha value is -3.70. The Morgan fingerprint density at radius 2 is 1.76 bits per heavy atom. The molecule has 0 spiro atoms. The Morgan fingerprint density at radius 1 is 0.905 bits per heavy atom. The molecule has 0 atom stereocenters. The third-order valence-electron chi connectivity index (χ3n) is 6.53. The van der Waals surface area contributed by atoms with Crippen LogP contribution in [0, 0.1) is 31.3 Å². The molecule has 213 valence electrons. The fraction of sp³-hybridized carbons (Fsp3) is 0.194. The van der Waals surface area contributed by atoms with Crippen molar-refractivity contribution in [1.29, 1.82) is 0 Å². The molecule has 6 heteroatoms. The quantitative estimate of drug-likeness (QED) is 0.169. The van der Waals surface area contributed by atoms with Gasteiger partial charge in [0, 0.05) is 65.7 Å². The minimum Gasteiger partial charge on any atom is -0.486 e. The molecule has 5 aromatic heterocycles. The van der Waals surface area contributed by atoms with Crippen LogP contribution in [0.2, 0.25) is 0 Å². The maximum absolute atomic E-state index is 8.82. The number of nitrogens with zero attached hydrogens (tertiary/aromatic N) is 3. The van der Waals surface area contributed by atoms with Gasteiger partial charge in [-0.25, -0.2) is 4.98 Å². The van der Waals surface area contributed by atoms with Gasteiger partial charge in [-0.2, -0.15) is 0 Å². The summed E-state index contributed by atoms with van der Waals surface area (Å²) in [4.78, 5) is 13.8. The summed E-state index contributed by atoms with van der Waals surface area (Å²) in [7, 11) is 0. The number of hydrogen-bond acceptors (Lipinski definition) is 5. The van der Waals surface area contributed by atoms with Crippen LogP contribution < -0.4 is 0 Å². The van der Waals surface area contributed by atoms with E-state index in [4.69, 9.17) is 11.3 Å². The van der Waals surface area contributed by atoms with Crippen molar-refractivity contribution in [1.82, 2.24) is 15.0 Å². The van der Waals surface area contributed by atoms with E-state index in [1.807, 2.05) is 82.3 Å². The minimum atomic E-state index is -2.33. The molecular weight excluding hydrogens is 715 g/mol.